The lowest BCUT2D eigenvalue weighted by atomic mass is 10.0. The molecule has 1 amide bonds. The normalized spacial score (nSPS) is 20.9. The molecule has 0 radical (unpaired) electrons. The molecule has 1 aromatic carbocycles. The van der Waals surface area contributed by atoms with Crippen LogP contribution in [0.5, 0.6) is 11.5 Å². The van der Waals surface area contributed by atoms with Gasteiger partial charge >= 0.3 is 0 Å². The fourth-order valence-electron chi connectivity index (χ4n) is 3.06. The first-order valence-corrected chi connectivity index (χ1v) is 7.71. The zero-order chi connectivity index (χ0) is 14.7. The van der Waals surface area contributed by atoms with Crippen molar-refractivity contribution < 1.29 is 14.3 Å². The van der Waals surface area contributed by atoms with E-state index in [1.165, 1.54) is 0 Å². The standard InChI is InChI=1S/C16H22N2O3/c1-2-18(12-5-4-8-17-11-12)16(19)13-6-3-7-14-15(13)21-10-9-20-14/h3,6-7,12,17H,2,4-5,8-11H2,1H3. The summed E-state index contributed by atoms with van der Waals surface area (Å²) in [5.41, 5.74) is 0.611. The number of likely N-dealkylation sites (N-methyl/N-ethyl adjacent to an activating group) is 1. The molecule has 1 unspecified atom stereocenters. The number of nitrogens with one attached hydrogen (secondary N) is 1. The number of fused-ring (bicyclic) bond motifs is 1. The summed E-state index contributed by atoms with van der Waals surface area (Å²) in [5, 5.41) is 3.37. The smallest absolute Gasteiger partial charge is 0.258 e. The van der Waals surface area contributed by atoms with E-state index in [0.717, 1.165) is 25.9 Å². The second kappa shape index (κ2) is 6.35. The Morgan fingerprint density at radius 3 is 3.00 bits per heavy atom. The average Bonchev–Trinajstić information content (AvgIpc) is 2.56. The van der Waals surface area contributed by atoms with Crippen molar-refractivity contribution in [2.45, 2.75) is 25.8 Å². The van der Waals surface area contributed by atoms with Crippen molar-refractivity contribution >= 4 is 5.91 Å². The maximum atomic E-state index is 12.9. The van der Waals surface area contributed by atoms with Crippen molar-refractivity contribution in [3.05, 3.63) is 23.8 Å². The second-order valence-electron chi connectivity index (χ2n) is 5.42. The molecular weight excluding hydrogens is 268 g/mol. The molecule has 1 saturated heterocycles. The summed E-state index contributed by atoms with van der Waals surface area (Å²) in [5.74, 6) is 1.30. The average molecular weight is 290 g/mol. The van der Waals surface area contributed by atoms with Crippen molar-refractivity contribution in [3.8, 4) is 11.5 Å². The highest BCUT2D eigenvalue weighted by Gasteiger charge is 2.28. The van der Waals surface area contributed by atoms with Crippen LogP contribution in [0.4, 0.5) is 0 Å². The fourth-order valence-corrected chi connectivity index (χ4v) is 3.06. The molecule has 1 aromatic rings. The van der Waals surface area contributed by atoms with Gasteiger partial charge in [-0.25, -0.2) is 0 Å². The number of carbonyl (C=O) groups is 1. The predicted octanol–water partition coefficient (Wildman–Crippen LogP) is 1.67. The maximum absolute atomic E-state index is 12.9. The van der Waals surface area contributed by atoms with Crippen molar-refractivity contribution in [1.82, 2.24) is 10.2 Å². The summed E-state index contributed by atoms with van der Waals surface area (Å²) in [7, 11) is 0. The Morgan fingerprint density at radius 1 is 1.38 bits per heavy atom. The van der Waals surface area contributed by atoms with Crippen LogP contribution in [0.15, 0.2) is 18.2 Å². The molecule has 2 aliphatic rings. The molecule has 3 rings (SSSR count). The number of piperidine rings is 1. The molecule has 0 aliphatic carbocycles. The largest absolute Gasteiger partial charge is 0.486 e. The van der Waals surface area contributed by atoms with E-state index in [0.29, 0.717) is 36.8 Å². The lowest BCUT2D eigenvalue weighted by Gasteiger charge is -2.34. The van der Waals surface area contributed by atoms with Crippen LogP contribution in [0.3, 0.4) is 0 Å². The highest BCUT2D eigenvalue weighted by atomic mass is 16.6. The summed E-state index contributed by atoms with van der Waals surface area (Å²) in [6.07, 6.45) is 2.17. The summed E-state index contributed by atoms with van der Waals surface area (Å²) in [6.45, 7) is 5.67. The first-order valence-electron chi connectivity index (χ1n) is 7.71. The van der Waals surface area contributed by atoms with E-state index in [1.54, 1.807) is 0 Å². The third-order valence-electron chi connectivity index (χ3n) is 4.11. The minimum Gasteiger partial charge on any atom is -0.486 e. The van der Waals surface area contributed by atoms with Gasteiger partial charge in [0.2, 0.25) is 0 Å². The highest BCUT2D eigenvalue weighted by molar-refractivity contribution is 5.98. The van der Waals surface area contributed by atoms with Gasteiger partial charge in [-0.3, -0.25) is 4.79 Å². The van der Waals surface area contributed by atoms with Crippen LogP contribution in [0.25, 0.3) is 0 Å². The number of hydrogen-bond acceptors (Lipinski definition) is 4. The minimum atomic E-state index is 0.0357. The van der Waals surface area contributed by atoms with Crippen molar-refractivity contribution in [3.63, 3.8) is 0 Å². The van der Waals surface area contributed by atoms with Gasteiger partial charge in [0.25, 0.3) is 5.91 Å². The van der Waals surface area contributed by atoms with Gasteiger partial charge in [0.15, 0.2) is 11.5 Å². The molecule has 0 bridgehead atoms. The second-order valence-corrected chi connectivity index (χ2v) is 5.42. The van der Waals surface area contributed by atoms with E-state index in [4.69, 9.17) is 9.47 Å². The summed E-state index contributed by atoms with van der Waals surface area (Å²) in [4.78, 5) is 14.9. The minimum absolute atomic E-state index is 0.0357. The SMILES string of the molecule is CCN(C(=O)c1cccc2c1OCCO2)C1CCCNC1. The molecule has 5 nitrogen and oxygen atoms in total. The van der Waals surface area contributed by atoms with E-state index in [9.17, 15) is 4.79 Å². The molecule has 1 fully saturated rings. The van der Waals surface area contributed by atoms with Crippen LogP contribution >= 0.6 is 0 Å². The number of ether oxygens (including phenoxy) is 2. The molecule has 0 saturated carbocycles. The third kappa shape index (κ3) is 2.83. The molecule has 2 heterocycles. The quantitative estimate of drug-likeness (QED) is 0.920. The molecule has 2 aliphatic heterocycles. The number of nitrogens with zero attached hydrogens (tertiary/aromatic N) is 1. The van der Waals surface area contributed by atoms with Crippen LogP contribution in [-0.4, -0.2) is 49.7 Å². The van der Waals surface area contributed by atoms with Gasteiger partial charge in [0, 0.05) is 19.1 Å². The van der Waals surface area contributed by atoms with Gasteiger partial charge in [0.1, 0.15) is 13.2 Å². The summed E-state index contributed by atoms with van der Waals surface area (Å²) in [6, 6.07) is 5.79. The Morgan fingerprint density at radius 2 is 2.24 bits per heavy atom. The number of amides is 1. The molecule has 0 spiro atoms. The Balaban J connectivity index is 1.86. The fraction of sp³-hybridized carbons (Fsp3) is 0.562. The molecule has 1 N–H and O–H groups in total. The van der Waals surface area contributed by atoms with Gasteiger partial charge in [-0.1, -0.05) is 6.07 Å². The zero-order valence-corrected chi connectivity index (χ0v) is 12.4. The Labute approximate surface area is 125 Å². The Bertz CT molecular complexity index is 512. The first-order chi connectivity index (χ1) is 10.3. The molecule has 21 heavy (non-hydrogen) atoms. The van der Waals surface area contributed by atoms with Gasteiger partial charge < -0.3 is 19.7 Å². The number of hydrogen-bond donors (Lipinski definition) is 1. The number of para-hydroxylation sites is 1. The predicted molar refractivity (Wildman–Crippen MR) is 80.0 cm³/mol. The molecule has 1 atom stereocenters. The van der Waals surface area contributed by atoms with Crippen LogP contribution in [0.1, 0.15) is 30.1 Å². The lowest BCUT2D eigenvalue weighted by molar-refractivity contribution is 0.0652. The lowest BCUT2D eigenvalue weighted by Crippen LogP contribution is -2.48. The van der Waals surface area contributed by atoms with Crippen LogP contribution in [0.2, 0.25) is 0 Å². The zero-order valence-electron chi connectivity index (χ0n) is 12.4. The Hall–Kier alpha value is -1.75. The third-order valence-corrected chi connectivity index (χ3v) is 4.11. The molecule has 114 valence electrons. The van der Waals surface area contributed by atoms with Gasteiger partial charge in [-0.05, 0) is 38.4 Å². The highest BCUT2D eigenvalue weighted by Crippen LogP contribution is 2.34. The van der Waals surface area contributed by atoms with Crippen LogP contribution in [0, 0.1) is 0 Å². The van der Waals surface area contributed by atoms with Crippen molar-refractivity contribution in [2.75, 3.05) is 32.8 Å². The number of benzene rings is 1. The molecule has 0 aromatic heterocycles. The van der Waals surface area contributed by atoms with Gasteiger partial charge in [-0.15, -0.1) is 0 Å². The van der Waals surface area contributed by atoms with Crippen LogP contribution in [-0.2, 0) is 0 Å². The van der Waals surface area contributed by atoms with E-state index < -0.39 is 0 Å². The molecule has 5 heteroatoms. The van der Waals surface area contributed by atoms with Crippen molar-refractivity contribution in [2.24, 2.45) is 0 Å². The number of rotatable bonds is 3. The summed E-state index contributed by atoms with van der Waals surface area (Å²) < 4.78 is 11.2. The van der Waals surface area contributed by atoms with Crippen LogP contribution < -0.4 is 14.8 Å². The van der Waals surface area contributed by atoms with Gasteiger partial charge in [0.05, 0.1) is 5.56 Å². The van der Waals surface area contributed by atoms with E-state index in [1.807, 2.05) is 30.0 Å². The summed E-state index contributed by atoms with van der Waals surface area (Å²) >= 11 is 0. The van der Waals surface area contributed by atoms with Crippen molar-refractivity contribution in [1.29, 1.82) is 0 Å². The monoisotopic (exact) mass is 290 g/mol. The maximum Gasteiger partial charge on any atom is 0.258 e. The van der Waals surface area contributed by atoms with E-state index >= 15 is 0 Å². The van der Waals surface area contributed by atoms with E-state index in [-0.39, 0.29) is 11.9 Å². The van der Waals surface area contributed by atoms with Gasteiger partial charge in [-0.2, -0.15) is 0 Å². The first kappa shape index (κ1) is 14.2. The number of carbonyl (C=O) groups excluding carboxylic acids is 1. The topological polar surface area (TPSA) is 50.8 Å². The molecular formula is C16H22N2O3. The van der Waals surface area contributed by atoms with E-state index in [2.05, 4.69) is 5.32 Å². The Kier molecular flexibility index (Phi) is 4.29.